The zero-order valence-electron chi connectivity index (χ0n) is 16.9. The van der Waals surface area contributed by atoms with Gasteiger partial charge in [-0.1, -0.05) is 18.1 Å². The van der Waals surface area contributed by atoms with Gasteiger partial charge in [-0.15, -0.1) is 0 Å². The van der Waals surface area contributed by atoms with Crippen LogP contribution in [0.15, 0.2) is 59.1 Å². The molecule has 148 valence electrons. The van der Waals surface area contributed by atoms with E-state index in [0.29, 0.717) is 23.3 Å². The molecule has 0 saturated heterocycles. The average Bonchev–Trinajstić information content (AvgIpc) is 3.14. The molecule has 2 heterocycles. The Morgan fingerprint density at radius 1 is 0.862 bits per heavy atom. The Hall–Kier alpha value is -3.41. The van der Waals surface area contributed by atoms with Gasteiger partial charge < -0.3 is 14.0 Å². The molecule has 0 aliphatic rings. The van der Waals surface area contributed by atoms with E-state index in [1.54, 1.807) is 6.92 Å². The van der Waals surface area contributed by atoms with Crippen LogP contribution >= 0.6 is 0 Å². The minimum atomic E-state index is 0.0411. The number of rotatable bonds is 6. The zero-order chi connectivity index (χ0) is 20.4. The molecule has 0 aliphatic carbocycles. The number of pyridine rings is 1. The monoisotopic (exact) mass is 389 g/mol. The van der Waals surface area contributed by atoms with E-state index in [9.17, 15) is 0 Å². The fourth-order valence-corrected chi connectivity index (χ4v) is 3.07. The molecule has 0 amide bonds. The lowest BCUT2D eigenvalue weighted by atomic mass is 9.99. The van der Waals surface area contributed by atoms with E-state index >= 15 is 0 Å². The topological polar surface area (TPSA) is 70.3 Å². The first-order chi connectivity index (χ1) is 14.0. The summed E-state index contributed by atoms with van der Waals surface area (Å²) in [7, 11) is 0. The van der Waals surface area contributed by atoms with Crippen LogP contribution in [-0.4, -0.2) is 21.2 Å². The summed E-state index contributed by atoms with van der Waals surface area (Å²) in [6.07, 6.45) is 0.139. The van der Waals surface area contributed by atoms with Crippen LogP contribution in [0.4, 0.5) is 0 Å². The van der Waals surface area contributed by atoms with Crippen LogP contribution < -0.4 is 9.47 Å². The minimum absolute atomic E-state index is 0.0411. The van der Waals surface area contributed by atoms with Gasteiger partial charge in [-0.05, 0) is 61.9 Å². The summed E-state index contributed by atoms with van der Waals surface area (Å²) in [5, 5.41) is 5.05. The van der Waals surface area contributed by atoms with E-state index in [2.05, 4.69) is 28.1 Å². The van der Waals surface area contributed by atoms with Crippen LogP contribution in [0.3, 0.4) is 0 Å². The minimum Gasteiger partial charge on any atom is -0.491 e. The lowest BCUT2D eigenvalue weighted by Crippen LogP contribution is -2.05. The number of aromatic nitrogens is 3. The first-order valence-electron chi connectivity index (χ1n) is 9.63. The Bertz CT molecular complexity index is 1120. The van der Waals surface area contributed by atoms with Crippen LogP contribution in [0.25, 0.3) is 10.9 Å². The number of fused-ring (bicyclic) bond motifs is 1. The fourth-order valence-electron chi connectivity index (χ4n) is 3.07. The van der Waals surface area contributed by atoms with Gasteiger partial charge in [0.2, 0.25) is 11.8 Å². The van der Waals surface area contributed by atoms with Crippen LogP contribution in [0.1, 0.15) is 44.0 Å². The van der Waals surface area contributed by atoms with Crippen LogP contribution in [0.5, 0.6) is 17.4 Å². The molecule has 2 aromatic carbocycles. The first-order valence-corrected chi connectivity index (χ1v) is 9.63. The van der Waals surface area contributed by atoms with E-state index in [1.165, 1.54) is 0 Å². The van der Waals surface area contributed by atoms with Gasteiger partial charge in [-0.25, -0.2) is 4.98 Å². The summed E-state index contributed by atoms with van der Waals surface area (Å²) >= 11 is 0. The van der Waals surface area contributed by atoms with Crippen molar-refractivity contribution >= 4 is 10.9 Å². The van der Waals surface area contributed by atoms with Crippen molar-refractivity contribution in [3.8, 4) is 17.4 Å². The van der Waals surface area contributed by atoms with Crippen molar-refractivity contribution < 1.29 is 14.0 Å². The SMILES string of the molecule is Cc1nc(C(C)c2ccc3nc(Oc4ccc(OC(C)C)cc4)ccc3c2)no1. The van der Waals surface area contributed by atoms with Crippen LogP contribution in [0.2, 0.25) is 0 Å². The molecule has 29 heavy (non-hydrogen) atoms. The van der Waals surface area contributed by atoms with Crippen molar-refractivity contribution in [1.82, 2.24) is 15.1 Å². The molecule has 6 heteroatoms. The maximum Gasteiger partial charge on any atom is 0.223 e. The molecule has 1 unspecified atom stereocenters. The van der Waals surface area contributed by atoms with Crippen LogP contribution in [0, 0.1) is 6.92 Å². The molecule has 0 N–H and O–H groups in total. The molecule has 1 atom stereocenters. The highest BCUT2D eigenvalue weighted by Gasteiger charge is 2.15. The van der Waals surface area contributed by atoms with Gasteiger partial charge in [0.1, 0.15) is 11.5 Å². The quantitative estimate of drug-likeness (QED) is 0.424. The number of ether oxygens (including phenoxy) is 2. The summed E-state index contributed by atoms with van der Waals surface area (Å²) < 4.78 is 16.6. The Balaban J connectivity index is 1.52. The molecular weight excluding hydrogens is 366 g/mol. The second-order valence-corrected chi connectivity index (χ2v) is 7.23. The van der Waals surface area contributed by atoms with Crippen molar-refractivity contribution in [1.29, 1.82) is 0 Å². The van der Waals surface area contributed by atoms with Crippen molar-refractivity contribution in [3.05, 3.63) is 71.9 Å². The van der Waals surface area contributed by atoms with E-state index in [0.717, 1.165) is 22.2 Å². The summed E-state index contributed by atoms with van der Waals surface area (Å²) in [6.45, 7) is 7.85. The van der Waals surface area contributed by atoms with Crippen molar-refractivity contribution in [2.24, 2.45) is 0 Å². The molecule has 4 aromatic rings. The third kappa shape index (κ3) is 4.37. The summed E-state index contributed by atoms with van der Waals surface area (Å²) in [4.78, 5) is 8.94. The van der Waals surface area contributed by atoms with Gasteiger partial charge in [0.05, 0.1) is 11.6 Å². The fraction of sp³-hybridized carbons (Fsp3) is 0.261. The number of nitrogens with zero attached hydrogens (tertiary/aromatic N) is 3. The molecule has 0 saturated carbocycles. The largest absolute Gasteiger partial charge is 0.491 e. The highest BCUT2D eigenvalue weighted by Crippen LogP contribution is 2.28. The zero-order valence-corrected chi connectivity index (χ0v) is 16.9. The number of hydrogen-bond acceptors (Lipinski definition) is 6. The summed E-state index contributed by atoms with van der Waals surface area (Å²) in [5.74, 6) is 3.37. The maximum atomic E-state index is 5.90. The molecule has 0 bridgehead atoms. The molecule has 6 nitrogen and oxygen atoms in total. The van der Waals surface area contributed by atoms with Gasteiger partial charge in [0.25, 0.3) is 0 Å². The smallest absolute Gasteiger partial charge is 0.223 e. The van der Waals surface area contributed by atoms with E-state index in [1.807, 2.05) is 62.4 Å². The highest BCUT2D eigenvalue weighted by molar-refractivity contribution is 5.80. The van der Waals surface area contributed by atoms with Gasteiger partial charge in [-0.3, -0.25) is 0 Å². The Labute approximate surface area is 169 Å². The maximum absolute atomic E-state index is 5.90. The standard InChI is InChI=1S/C23H23N3O3/c1-14(2)27-19-7-9-20(10-8-19)28-22-12-6-18-13-17(5-11-21(18)25-22)15(3)23-24-16(4)29-26-23/h5-15H,1-4H3. The predicted molar refractivity (Wildman–Crippen MR) is 111 cm³/mol. The van der Waals surface area contributed by atoms with Crippen molar-refractivity contribution in [3.63, 3.8) is 0 Å². The summed E-state index contributed by atoms with van der Waals surface area (Å²) in [5.41, 5.74) is 1.97. The Morgan fingerprint density at radius 2 is 1.62 bits per heavy atom. The first kappa shape index (κ1) is 18.9. The van der Waals surface area contributed by atoms with E-state index in [-0.39, 0.29) is 12.0 Å². The number of benzene rings is 2. The van der Waals surface area contributed by atoms with Crippen LogP contribution in [-0.2, 0) is 0 Å². The van der Waals surface area contributed by atoms with Gasteiger partial charge >= 0.3 is 0 Å². The van der Waals surface area contributed by atoms with Gasteiger partial charge in [-0.2, -0.15) is 4.98 Å². The molecular formula is C23H23N3O3. The van der Waals surface area contributed by atoms with Gasteiger partial charge in [0.15, 0.2) is 5.82 Å². The van der Waals surface area contributed by atoms with E-state index in [4.69, 9.17) is 14.0 Å². The Kier molecular flexibility index (Phi) is 5.16. The average molecular weight is 389 g/mol. The Morgan fingerprint density at radius 3 is 2.31 bits per heavy atom. The third-order valence-corrected chi connectivity index (χ3v) is 4.54. The third-order valence-electron chi connectivity index (χ3n) is 4.54. The van der Waals surface area contributed by atoms with Crippen molar-refractivity contribution in [2.75, 3.05) is 0 Å². The molecule has 0 radical (unpaired) electrons. The normalized spacial score (nSPS) is 12.3. The second-order valence-electron chi connectivity index (χ2n) is 7.23. The lowest BCUT2D eigenvalue weighted by molar-refractivity contribution is 0.242. The van der Waals surface area contributed by atoms with Crippen molar-refractivity contribution in [2.45, 2.75) is 39.7 Å². The molecule has 0 fully saturated rings. The number of hydrogen-bond donors (Lipinski definition) is 0. The second kappa shape index (κ2) is 7.91. The summed E-state index contributed by atoms with van der Waals surface area (Å²) in [6, 6.07) is 17.5. The van der Waals surface area contributed by atoms with E-state index < -0.39 is 0 Å². The highest BCUT2D eigenvalue weighted by atomic mass is 16.5. The number of aryl methyl sites for hydroxylation is 1. The molecule has 0 spiro atoms. The lowest BCUT2D eigenvalue weighted by Gasteiger charge is -2.11. The molecule has 0 aliphatic heterocycles. The molecule has 2 aromatic heterocycles. The molecule has 4 rings (SSSR count). The predicted octanol–water partition coefficient (Wildman–Crippen LogP) is 5.66. The van der Waals surface area contributed by atoms with Gasteiger partial charge in [0, 0.05) is 24.3 Å².